The van der Waals surface area contributed by atoms with E-state index in [0.717, 1.165) is 22.3 Å². The van der Waals surface area contributed by atoms with Crippen LogP contribution in [0.25, 0.3) is 33.9 Å². The second kappa shape index (κ2) is 11.5. The van der Waals surface area contributed by atoms with E-state index in [1.54, 1.807) is 45.6 Å². The van der Waals surface area contributed by atoms with Crippen molar-refractivity contribution in [1.29, 1.82) is 10.8 Å². The number of halogens is 2. The molecule has 2 aromatic carbocycles. The Morgan fingerprint density at radius 1 is 0.854 bits per heavy atom. The van der Waals surface area contributed by atoms with E-state index in [4.69, 9.17) is 22.3 Å². The van der Waals surface area contributed by atoms with E-state index in [1.165, 1.54) is 12.1 Å². The molecule has 12 heteroatoms. The monoisotopic (exact) mass is 561 g/mol. The molecule has 0 amide bonds. The summed E-state index contributed by atoms with van der Waals surface area (Å²) in [5, 5.41) is 33.6. The Labute approximate surface area is 236 Å². The molecule has 214 valence electrons. The van der Waals surface area contributed by atoms with E-state index < -0.39 is 17.7 Å². The number of nitrogens with two attached hydrogens (primary N) is 2. The Kier molecular flexibility index (Phi) is 7.84. The zero-order valence-corrected chi connectivity index (χ0v) is 22.7. The van der Waals surface area contributed by atoms with Crippen LogP contribution < -0.4 is 11.5 Å². The molecular weight excluding hydrogens is 528 g/mol. The van der Waals surface area contributed by atoms with Crippen LogP contribution in [0.5, 0.6) is 0 Å². The molecule has 2 aliphatic heterocycles. The van der Waals surface area contributed by atoms with E-state index in [2.05, 4.69) is 10.2 Å². The van der Waals surface area contributed by atoms with Gasteiger partial charge in [-0.3, -0.25) is 10.8 Å². The number of benzene rings is 2. The highest BCUT2D eigenvalue weighted by molar-refractivity contribution is 5.78. The van der Waals surface area contributed by atoms with Gasteiger partial charge in [-0.15, -0.1) is 10.2 Å². The molecule has 3 aromatic rings. The number of aliphatic hydroxyl groups is 1. The second-order valence-corrected chi connectivity index (χ2v) is 10.3. The largest absolute Gasteiger partial charge is 0.394 e. The molecule has 5 rings (SSSR count). The molecule has 1 atom stereocenters. The van der Waals surface area contributed by atoms with Crippen LogP contribution >= 0.6 is 0 Å². The molecule has 2 aliphatic rings. The fourth-order valence-electron chi connectivity index (χ4n) is 5.25. The van der Waals surface area contributed by atoms with Crippen LogP contribution in [-0.2, 0) is 0 Å². The van der Waals surface area contributed by atoms with Gasteiger partial charge in [-0.25, -0.2) is 8.78 Å². The first kappa shape index (κ1) is 28.0. The van der Waals surface area contributed by atoms with Gasteiger partial charge in [0.05, 0.1) is 23.8 Å². The molecular formula is C29H33F2N9O. The summed E-state index contributed by atoms with van der Waals surface area (Å²) in [7, 11) is 0. The maximum atomic E-state index is 15.5. The smallest absolute Gasteiger partial charge is 0.188 e. The van der Waals surface area contributed by atoms with Crippen molar-refractivity contribution in [1.82, 2.24) is 24.6 Å². The van der Waals surface area contributed by atoms with Crippen LogP contribution in [0.2, 0.25) is 0 Å². The highest BCUT2D eigenvalue weighted by atomic mass is 19.1. The maximum Gasteiger partial charge on any atom is 0.188 e. The molecule has 1 aromatic heterocycles. The topological polar surface area (TPSA) is 157 Å². The number of aliphatic hydroxyl groups excluding tert-OH is 1. The number of rotatable bonds is 6. The standard InChI is InChI=1S/C29H33F2N9O/c1-17(16-41)40-26(22-4-2-20(14-24(22)30)18-6-10-38(11-7-18)28(32)33)36-37-27(40)23-5-3-21(15-25(23)31)19-8-12-39(13-9-19)29(34)35/h2-6,8,14-15,17,41H,7,9-13,16H2,1H3,(H3,32,33)(H3,34,35). The van der Waals surface area contributed by atoms with Gasteiger partial charge in [-0.2, -0.15) is 0 Å². The van der Waals surface area contributed by atoms with E-state index in [0.29, 0.717) is 39.0 Å². The molecule has 3 heterocycles. The van der Waals surface area contributed by atoms with E-state index in [1.807, 2.05) is 12.2 Å². The summed E-state index contributed by atoms with van der Waals surface area (Å²) in [5.41, 5.74) is 14.9. The molecule has 0 radical (unpaired) electrons. The fraction of sp³-hybridized carbons (Fsp3) is 0.310. The molecule has 10 nitrogen and oxygen atoms in total. The van der Waals surface area contributed by atoms with E-state index in [9.17, 15) is 5.11 Å². The number of aromatic nitrogens is 3. The van der Waals surface area contributed by atoms with Crippen molar-refractivity contribution in [3.05, 3.63) is 71.3 Å². The summed E-state index contributed by atoms with van der Waals surface area (Å²) in [6.45, 7) is 3.58. The van der Waals surface area contributed by atoms with Crippen LogP contribution in [0, 0.1) is 22.5 Å². The molecule has 41 heavy (non-hydrogen) atoms. The summed E-state index contributed by atoms with van der Waals surface area (Å²) in [6.07, 6.45) is 5.12. The van der Waals surface area contributed by atoms with Crippen molar-refractivity contribution >= 4 is 23.1 Å². The third-order valence-corrected chi connectivity index (χ3v) is 7.66. The summed E-state index contributed by atoms with van der Waals surface area (Å²) in [4.78, 5) is 3.46. The SMILES string of the molecule is CC(CO)n1c(-c2ccc(C3=CCN(C(=N)N)CC3)cc2F)nnc1-c1ccc(C2=CCN(C(=N)N)CC2)cc1F. The van der Waals surface area contributed by atoms with Gasteiger partial charge in [0, 0.05) is 26.2 Å². The highest BCUT2D eigenvalue weighted by Crippen LogP contribution is 2.34. The number of guanidine groups is 2. The van der Waals surface area contributed by atoms with Crippen LogP contribution in [0.4, 0.5) is 8.78 Å². The van der Waals surface area contributed by atoms with Crippen molar-refractivity contribution in [2.75, 3.05) is 32.8 Å². The van der Waals surface area contributed by atoms with Crippen molar-refractivity contribution < 1.29 is 13.9 Å². The van der Waals surface area contributed by atoms with Gasteiger partial charge in [-0.1, -0.05) is 24.3 Å². The minimum atomic E-state index is -0.551. The number of nitrogens with zero attached hydrogens (tertiary/aromatic N) is 5. The van der Waals surface area contributed by atoms with Crippen LogP contribution in [-0.4, -0.2) is 74.4 Å². The van der Waals surface area contributed by atoms with Crippen LogP contribution in [0.15, 0.2) is 48.6 Å². The van der Waals surface area contributed by atoms with Crippen molar-refractivity contribution in [3.8, 4) is 22.8 Å². The van der Waals surface area contributed by atoms with Crippen LogP contribution in [0.1, 0.15) is 36.9 Å². The lowest BCUT2D eigenvalue weighted by atomic mass is 9.97. The van der Waals surface area contributed by atoms with E-state index in [-0.39, 0.29) is 41.3 Å². The van der Waals surface area contributed by atoms with Gasteiger partial charge in [-0.05, 0) is 66.3 Å². The lowest BCUT2D eigenvalue weighted by Crippen LogP contribution is -2.39. The Hall–Kier alpha value is -4.58. The number of hydrogen-bond donors (Lipinski definition) is 5. The summed E-state index contributed by atoms with van der Waals surface area (Å²) < 4.78 is 32.6. The molecule has 7 N–H and O–H groups in total. The molecule has 0 aliphatic carbocycles. The van der Waals surface area contributed by atoms with Gasteiger partial charge in [0.1, 0.15) is 11.6 Å². The zero-order valence-electron chi connectivity index (χ0n) is 22.7. The number of hydrogen-bond acceptors (Lipinski definition) is 5. The fourth-order valence-corrected chi connectivity index (χ4v) is 5.25. The normalized spacial score (nSPS) is 16.3. The molecule has 0 bridgehead atoms. The predicted molar refractivity (Wildman–Crippen MR) is 155 cm³/mol. The molecule has 0 spiro atoms. The first-order valence-corrected chi connectivity index (χ1v) is 13.4. The first-order chi connectivity index (χ1) is 19.7. The third kappa shape index (κ3) is 5.55. The van der Waals surface area contributed by atoms with Gasteiger partial charge < -0.3 is 30.9 Å². The molecule has 0 saturated carbocycles. The third-order valence-electron chi connectivity index (χ3n) is 7.66. The Bertz CT molecular complexity index is 1450. The van der Waals surface area contributed by atoms with Gasteiger partial charge >= 0.3 is 0 Å². The van der Waals surface area contributed by atoms with Gasteiger partial charge in [0.25, 0.3) is 0 Å². The highest BCUT2D eigenvalue weighted by Gasteiger charge is 2.25. The van der Waals surface area contributed by atoms with Crippen LogP contribution in [0.3, 0.4) is 0 Å². The minimum absolute atomic E-state index is 0.00753. The molecule has 0 saturated heterocycles. The molecule has 0 fully saturated rings. The summed E-state index contributed by atoms with van der Waals surface area (Å²) in [5.74, 6) is -0.631. The average molecular weight is 562 g/mol. The second-order valence-electron chi connectivity index (χ2n) is 10.3. The summed E-state index contributed by atoms with van der Waals surface area (Å²) in [6, 6.07) is 9.17. The Balaban J connectivity index is 1.46. The van der Waals surface area contributed by atoms with Crippen molar-refractivity contribution in [3.63, 3.8) is 0 Å². The van der Waals surface area contributed by atoms with Crippen molar-refractivity contribution in [2.24, 2.45) is 11.5 Å². The average Bonchev–Trinajstić information content (AvgIpc) is 3.41. The van der Waals surface area contributed by atoms with Gasteiger partial charge in [0.2, 0.25) is 0 Å². The maximum absolute atomic E-state index is 15.5. The predicted octanol–water partition coefficient (Wildman–Crippen LogP) is 3.41. The first-order valence-electron chi connectivity index (χ1n) is 13.4. The summed E-state index contributed by atoms with van der Waals surface area (Å²) >= 11 is 0. The lowest BCUT2D eigenvalue weighted by Gasteiger charge is -2.26. The quantitative estimate of drug-likeness (QED) is 0.228. The lowest BCUT2D eigenvalue weighted by molar-refractivity contribution is 0.240. The molecule has 1 unspecified atom stereocenters. The zero-order chi connectivity index (χ0) is 29.3. The minimum Gasteiger partial charge on any atom is -0.394 e. The van der Waals surface area contributed by atoms with Crippen molar-refractivity contribution in [2.45, 2.75) is 25.8 Å². The van der Waals surface area contributed by atoms with E-state index >= 15 is 8.78 Å². The Morgan fingerprint density at radius 3 is 1.61 bits per heavy atom. The number of nitrogens with one attached hydrogen (secondary N) is 2. The Morgan fingerprint density at radius 2 is 1.29 bits per heavy atom. The van der Waals surface area contributed by atoms with Gasteiger partial charge in [0.15, 0.2) is 23.6 Å².